The Morgan fingerprint density at radius 1 is 0.980 bits per heavy atom. The highest BCUT2D eigenvalue weighted by molar-refractivity contribution is 6.02. The van der Waals surface area contributed by atoms with Crippen molar-refractivity contribution < 1.29 is 23.6 Å². The van der Waals surface area contributed by atoms with Gasteiger partial charge in [-0.05, 0) is 56.9 Å². The lowest BCUT2D eigenvalue weighted by Gasteiger charge is -2.22. The molecule has 2 rings (SSSR count). The Labute approximate surface area is 306 Å². The van der Waals surface area contributed by atoms with Crippen molar-refractivity contribution in [3.63, 3.8) is 0 Å². The molecule has 10 heteroatoms. The number of nitrogens with two attached hydrogens (primary N) is 1. The minimum absolute atomic E-state index is 0.128. The topological polar surface area (TPSA) is 134 Å². The number of carbonyl (C=O) groups is 4. The molecular formula is C41H62FN5O4. The number of rotatable bonds is 17. The van der Waals surface area contributed by atoms with Crippen LogP contribution >= 0.6 is 0 Å². The summed E-state index contributed by atoms with van der Waals surface area (Å²) in [6.07, 6.45) is 15.4. The molecule has 1 aliphatic rings. The van der Waals surface area contributed by atoms with Crippen LogP contribution < -0.4 is 21.7 Å². The first-order chi connectivity index (χ1) is 24.4. The largest absolute Gasteiger partial charge is 0.350 e. The van der Waals surface area contributed by atoms with Crippen LogP contribution in [0.4, 0.5) is 4.39 Å². The van der Waals surface area contributed by atoms with E-state index in [1.54, 1.807) is 37.0 Å². The fourth-order valence-corrected chi connectivity index (χ4v) is 4.54. The zero-order valence-corrected chi connectivity index (χ0v) is 31.8. The quantitative estimate of drug-likeness (QED) is 0.110. The molecule has 5 N–H and O–H groups in total. The van der Waals surface area contributed by atoms with Gasteiger partial charge in [0.1, 0.15) is 6.17 Å². The number of halogens is 1. The van der Waals surface area contributed by atoms with E-state index in [1.807, 2.05) is 57.2 Å². The van der Waals surface area contributed by atoms with E-state index in [-0.39, 0.29) is 36.7 Å². The summed E-state index contributed by atoms with van der Waals surface area (Å²) in [5, 5.41) is 8.16. The average Bonchev–Trinajstić information content (AvgIpc) is 3.31. The third-order valence-electron chi connectivity index (χ3n) is 7.21. The van der Waals surface area contributed by atoms with E-state index >= 15 is 0 Å². The monoisotopic (exact) mass is 707 g/mol. The number of carbonyl (C=O) groups excluding carboxylic acids is 4. The van der Waals surface area contributed by atoms with Crippen LogP contribution in [0, 0.1) is 5.92 Å². The van der Waals surface area contributed by atoms with Crippen molar-refractivity contribution in [2.75, 3.05) is 26.2 Å². The molecule has 0 heterocycles. The van der Waals surface area contributed by atoms with E-state index in [4.69, 9.17) is 5.73 Å². The smallest absolute Gasteiger partial charge is 0.253 e. The second kappa shape index (κ2) is 28.2. The van der Waals surface area contributed by atoms with Gasteiger partial charge in [0, 0.05) is 49.3 Å². The van der Waals surface area contributed by atoms with Crippen molar-refractivity contribution in [3.8, 4) is 0 Å². The van der Waals surface area contributed by atoms with Gasteiger partial charge in [-0.15, -0.1) is 0 Å². The van der Waals surface area contributed by atoms with Crippen LogP contribution in [-0.4, -0.2) is 66.9 Å². The zero-order chi connectivity index (χ0) is 38.6. The Hall–Kier alpha value is -4.57. The predicted molar refractivity (Wildman–Crippen MR) is 208 cm³/mol. The molecule has 3 atom stereocenters. The van der Waals surface area contributed by atoms with Gasteiger partial charge in [-0.3, -0.25) is 19.2 Å². The number of hydrogen-bond donors (Lipinski definition) is 4. The first-order valence-electron chi connectivity index (χ1n) is 18.0. The van der Waals surface area contributed by atoms with Gasteiger partial charge in [-0.2, -0.15) is 0 Å². The van der Waals surface area contributed by atoms with E-state index in [9.17, 15) is 23.6 Å². The maximum atomic E-state index is 12.9. The van der Waals surface area contributed by atoms with E-state index in [0.717, 1.165) is 24.0 Å². The maximum absolute atomic E-state index is 12.9. The number of allylic oxidation sites excluding steroid dienone is 7. The summed E-state index contributed by atoms with van der Waals surface area (Å²) >= 11 is 0. The van der Waals surface area contributed by atoms with E-state index < -0.39 is 18.1 Å². The minimum atomic E-state index is -0.904. The zero-order valence-electron chi connectivity index (χ0n) is 31.8. The molecule has 1 aromatic rings. The molecule has 0 fully saturated rings. The van der Waals surface area contributed by atoms with Crippen LogP contribution in [0.3, 0.4) is 0 Å². The predicted octanol–water partition coefficient (Wildman–Crippen LogP) is 6.41. The molecule has 0 aliphatic heterocycles. The number of amides is 4. The molecule has 4 amide bonds. The first kappa shape index (κ1) is 46.4. The third-order valence-corrected chi connectivity index (χ3v) is 7.21. The van der Waals surface area contributed by atoms with Gasteiger partial charge in [-0.25, -0.2) is 4.39 Å². The van der Waals surface area contributed by atoms with Crippen LogP contribution in [0.5, 0.6) is 0 Å². The Balaban J connectivity index is 0.00000175. The number of benzene rings is 1. The fraction of sp³-hybridized carbons (Fsp3) is 0.463. The normalized spacial score (nSPS) is 14.9. The average molecular weight is 708 g/mol. The van der Waals surface area contributed by atoms with Gasteiger partial charge in [-0.1, -0.05) is 114 Å². The van der Waals surface area contributed by atoms with E-state index in [2.05, 4.69) is 36.4 Å². The SMILES string of the molecule is C=C/C(=C\C(=C/C)C(=O)NCC(N)CC(C)C(=O)NCC(=O)NCc1ccccc1)C(=O)N(CCC)CCC.CC1=CC=CC(F)C=C1.CCC. The standard InChI is InChI=1S/C30H45N5O4.C8H9F.C3H8/c1-6-15-35(16-7-2)30(39)25(9-4)18-24(8-3)29(38)33-20-26(31)17-22(5)28(37)34-21-27(36)32-19-23-13-11-10-12-14-23;1-7-3-2-4-8(9)6-5-7;1-3-2/h8-14,18,22,26H,4,6-7,15-17,19-21,31H2,1-3,5H3,(H,32,36)(H,33,38)(H,34,37);2-6,8H,1H3;3H2,1-2H3/b24-8+,25-18+;;. The second-order valence-corrected chi connectivity index (χ2v) is 12.2. The highest BCUT2D eigenvalue weighted by Crippen LogP contribution is 2.11. The summed E-state index contributed by atoms with van der Waals surface area (Å²) in [5.74, 6) is -1.56. The summed E-state index contributed by atoms with van der Waals surface area (Å²) in [5.41, 5.74) is 8.90. The molecule has 51 heavy (non-hydrogen) atoms. The van der Waals surface area contributed by atoms with E-state index in [0.29, 0.717) is 37.2 Å². The number of hydrogen-bond acceptors (Lipinski definition) is 5. The molecule has 9 nitrogen and oxygen atoms in total. The van der Waals surface area contributed by atoms with Crippen molar-refractivity contribution >= 4 is 23.6 Å². The highest BCUT2D eigenvalue weighted by Gasteiger charge is 2.20. The Kier molecular flexibility index (Phi) is 25.6. The number of nitrogens with zero attached hydrogens (tertiary/aromatic N) is 1. The van der Waals surface area contributed by atoms with Gasteiger partial charge in [0.05, 0.1) is 6.54 Å². The van der Waals surface area contributed by atoms with Gasteiger partial charge in [0.15, 0.2) is 0 Å². The summed E-state index contributed by atoms with van der Waals surface area (Å²) in [4.78, 5) is 51.9. The van der Waals surface area contributed by atoms with Crippen molar-refractivity contribution in [2.45, 2.75) is 92.9 Å². The molecular weight excluding hydrogens is 645 g/mol. The lowest BCUT2D eigenvalue weighted by molar-refractivity contribution is -0.128. The molecule has 0 spiro atoms. The summed E-state index contributed by atoms with van der Waals surface area (Å²) in [7, 11) is 0. The first-order valence-corrected chi connectivity index (χ1v) is 18.0. The molecule has 3 unspecified atom stereocenters. The van der Waals surface area contributed by atoms with Gasteiger partial charge < -0.3 is 26.6 Å². The Bertz CT molecular complexity index is 1360. The molecule has 1 aromatic carbocycles. The van der Waals surface area contributed by atoms with Gasteiger partial charge in [0.25, 0.3) is 11.8 Å². The molecule has 0 saturated heterocycles. The van der Waals surface area contributed by atoms with Crippen molar-refractivity contribution in [1.82, 2.24) is 20.9 Å². The maximum Gasteiger partial charge on any atom is 0.253 e. The summed E-state index contributed by atoms with van der Waals surface area (Å²) in [6.45, 7) is 19.1. The molecule has 0 saturated carbocycles. The van der Waals surface area contributed by atoms with Crippen molar-refractivity contribution in [3.05, 3.63) is 108 Å². The minimum Gasteiger partial charge on any atom is -0.350 e. The Morgan fingerprint density at radius 3 is 2.18 bits per heavy atom. The molecule has 0 bridgehead atoms. The molecule has 282 valence electrons. The number of alkyl halides is 1. The summed E-state index contributed by atoms with van der Waals surface area (Å²) < 4.78 is 12.4. The van der Waals surface area contributed by atoms with Gasteiger partial charge in [0.2, 0.25) is 11.8 Å². The van der Waals surface area contributed by atoms with Crippen LogP contribution in [-0.2, 0) is 25.7 Å². The van der Waals surface area contributed by atoms with Crippen molar-refractivity contribution in [2.24, 2.45) is 11.7 Å². The highest BCUT2D eigenvalue weighted by atomic mass is 19.1. The van der Waals surface area contributed by atoms with Crippen LogP contribution in [0.15, 0.2) is 102 Å². The van der Waals surface area contributed by atoms with E-state index in [1.165, 1.54) is 30.7 Å². The lowest BCUT2D eigenvalue weighted by atomic mass is 10.0. The molecule has 0 aromatic heterocycles. The van der Waals surface area contributed by atoms with Crippen LogP contribution in [0.2, 0.25) is 0 Å². The van der Waals surface area contributed by atoms with Gasteiger partial charge >= 0.3 is 0 Å². The van der Waals surface area contributed by atoms with Crippen LogP contribution in [0.1, 0.15) is 79.7 Å². The molecule has 0 radical (unpaired) electrons. The second-order valence-electron chi connectivity index (χ2n) is 12.2. The van der Waals surface area contributed by atoms with Crippen LogP contribution in [0.25, 0.3) is 0 Å². The Morgan fingerprint density at radius 2 is 1.61 bits per heavy atom. The summed E-state index contributed by atoms with van der Waals surface area (Å²) in [6, 6.07) is 9.01. The third kappa shape index (κ3) is 21.3. The molecule has 1 aliphatic carbocycles. The fourth-order valence-electron chi connectivity index (χ4n) is 4.54. The number of nitrogens with one attached hydrogen (secondary N) is 3. The van der Waals surface area contributed by atoms with Crippen molar-refractivity contribution in [1.29, 1.82) is 0 Å². The lowest BCUT2D eigenvalue weighted by Crippen LogP contribution is -2.42.